The summed E-state index contributed by atoms with van der Waals surface area (Å²) in [6.45, 7) is 0. The fourth-order valence-corrected chi connectivity index (χ4v) is 1.93. The average molecular weight is 330 g/mol. The number of thiocarbonyl (C=S) groups is 1. The molecule has 2 N–H and O–H groups in total. The van der Waals surface area contributed by atoms with Crippen LogP contribution in [0.25, 0.3) is 0 Å². The number of hydrazone groups is 1. The summed E-state index contributed by atoms with van der Waals surface area (Å²) in [6, 6.07) is 13.5. The SMILES string of the molecule is COc1ccc(NC(=S)N/N=C/c2ccccc2[N+](=O)[O-])cc1. The summed E-state index contributed by atoms with van der Waals surface area (Å²) in [5, 5.41) is 18.0. The first kappa shape index (κ1) is 16.4. The van der Waals surface area contributed by atoms with Crippen LogP contribution in [0.3, 0.4) is 0 Å². The lowest BCUT2D eigenvalue weighted by molar-refractivity contribution is -0.385. The standard InChI is InChI=1S/C15H14N4O3S/c1-22-13-8-6-12(7-9-13)17-15(23)18-16-10-11-4-2-3-5-14(11)19(20)21/h2-10H,1H3,(H2,17,18,23)/b16-10+. The Morgan fingerprint density at radius 3 is 2.61 bits per heavy atom. The summed E-state index contributed by atoms with van der Waals surface area (Å²) in [4.78, 5) is 10.4. The van der Waals surface area contributed by atoms with Gasteiger partial charge in [0.05, 0.1) is 23.8 Å². The number of methoxy groups -OCH3 is 1. The van der Waals surface area contributed by atoms with E-state index in [2.05, 4.69) is 15.8 Å². The summed E-state index contributed by atoms with van der Waals surface area (Å²) >= 11 is 5.10. The van der Waals surface area contributed by atoms with Crippen molar-refractivity contribution in [3.63, 3.8) is 0 Å². The van der Waals surface area contributed by atoms with Gasteiger partial charge in [-0.25, -0.2) is 0 Å². The van der Waals surface area contributed by atoms with Gasteiger partial charge in [0, 0.05) is 11.8 Å². The normalized spacial score (nSPS) is 10.3. The van der Waals surface area contributed by atoms with E-state index >= 15 is 0 Å². The predicted molar refractivity (Wildman–Crippen MR) is 93.0 cm³/mol. The van der Waals surface area contributed by atoms with E-state index in [-0.39, 0.29) is 10.8 Å². The van der Waals surface area contributed by atoms with Crippen molar-refractivity contribution in [2.45, 2.75) is 0 Å². The molecule has 7 nitrogen and oxygen atoms in total. The number of hydrogen-bond donors (Lipinski definition) is 2. The minimum absolute atomic E-state index is 0.0212. The lowest BCUT2D eigenvalue weighted by Crippen LogP contribution is -2.23. The maximum absolute atomic E-state index is 10.9. The van der Waals surface area contributed by atoms with Gasteiger partial charge in [-0.05, 0) is 42.5 Å². The van der Waals surface area contributed by atoms with E-state index < -0.39 is 4.92 Å². The quantitative estimate of drug-likeness (QED) is 0.379. The molecule has 0 saturated heterocycles. The molecule has 2 aromatic rings. The molecular weight excluding hydrogens is 316 g/mol. The summed E-state index contributed by atoms with van der Waals surface area (Å²) < 4.78 is 5.06. The Kier molecular flexibility index (Phi) is 5.59. The second kappa shape index (κ2) is 7.85. The van der Waals surface area contributed by atoms with Crippen molar-refractivity contribution < 1.29 is 9.66 Å². The van der Waals surface area contributed by atoms with Crippen molar-refractivity contribution >= 4 is 34.9 Å². The number of nitrogens with one attached hydrogen (secondary N) is 2. The van der Waals surface area contributed by atoms with E-state index in [1.54, 1.807) is 49.6 Å². The third kappa shape index (κ3) is 4.75. The smallest absolute Gasteiger partial charge is 0.278 e. The molecule has 118 valence electrons. The number of nitro groups is 1. The Balaban J connectivity index is 1.94. The van der Waals surface area contributed by atoms with Crippen LogP contribution in [0.4, 0.5) is 11.4 Å². The topological polar surface area (TPSA) is 88.8 Å². The van der Waals surface area contributed by atoms with Gasteiger partial charge in [-0.3, -0.25) is 15.5 Å². The number of benzene rings is 2. The maximum atomic E-state index is 10.9. The van der Waals surface area contributed by atoms with Crippen molar-refractivity contribution in [3.05, 3.63) is 64.2 Å². The lowest BCUT2D eigenvalue weighted by atomic mass is 10.2. The van der Waals surface area contributed by atoms with E-state index in [4.69, 9.17) is 17.0 Å². The van der Waals surface area contributed by atoms with Gasteiger partial charge in [-0.1, -0.05) is 12.1 Å². The van der Waals surface area contributed by atoms with Crippen molar-refractivity contribution in [2.24, 2.45) is 5.10 Å². The molecule has 2 rings (SSSR count). The van der Waals surface area contributed by atoms with Crippen LogP contribution in [0.1, 0.15) is 5.56 Å². The Morgan fingerprint density at radius 1 is 1.26 bits per heavy atom. The highest BCUT2D eigenvalue weighted by Gasteiger charge is 2.09. The minimum atomic E-state index is -0.463. The Morgan fingerprint density at radius 2 is 1.96 bits per heavy atom. The van der Waals surface area contributed by atoms with E-state index in [0.29, 0.717) is 5.56 Å². The van der Waals surface area contributed by atoms with Gasteiger partial charge >= 0.3 is 0 Å². The molecule has 0 unspecified atom stereocenters. The number of ether oxygens (including phenoxy) is 1. The van der Waals surface area contributed by atoms with Crippen LogP contribution in [-0.2, 0) is 0 Å². The summed E-state index contributed by atoms with van der Waals surface area (Å²) in [6.07, 6.45) is 1.35. The number of para-hydroxylation sites is 1. The van der Waals surface area contributed by atoms with Gasteiger partial charge in [-0.2, -0.15) is 5.10 Å². The fourth-order valence-electron chi connectivity index (χ4n) is 1.76. The molecule has 0 amide bonds. The third-order valence-electron chi connectivity index (χ3n) is 2.85. The first-order valence-electron chi connectivity index (χ1n) is 6.57. The van der Waals surface area contributed by atoms with E-state index in [1.807, 2.05) is 0 Å². The van der Waals surface area contributed by atoms with E-state index in [9.17, 15) is 10.1 Å². The van der Waals surface area contributed by atoms with E-state index in [1.165, 1.54) is 12.3 Å². The Labute approximate surface area is 138 Å². The van der Waals surface area contributed by atoms with Crippen LogP contribution < -0.4 is 15.5 Å². The van der Waals surface area contributed by atoms with Crippen molar-refractivity contribution in [2.75, 3.05) is 12.4 Å². The number of rotatable bonds is 5. The zero-order valence-electron chi connectivity index (χ0n) is 12.2. The molecule has 2 aromatic carbocycles. The van der Waals surface area contributed by atoms with Crippen LogP contribution in [0.5, 0.6) is 5.75 Å². The van der Waals surface area contributed by atoms with Crippen LogP contribution >= 0.6 is 12.2 Å². The molecule has 8 heteroatoms. The molecule has 0 aromatic heterocycles. The van der Waals surface area contributed by atoms with Crippen LogP contribution in [0, 0.1) is 10.1 Å². The summed E-state index contributed by atoms with van der Waals surface area (Å²) in [7, 11) is 1.59. The van der Waals surface area contributed by atoms with Gasteiger partial charge in [-0.15, -0.1) is 0 Å². The van der Waals surface area contributed by atoms with Crippen molar-refractivity contribution in [3.8, 4) is 5.75 Å². The monoisotopic (exact) mass is 330 g/mol. The zero-order valence-corrected chi connectivity index (χ0v) is 13.0. The highest BCUT2D eigenvalue weighted by Crippen LogP contribution is 2.16. The van der Waals surface area contributed by atoms with Gasteiger partial charge in [0.2, 0.25) is 0 Å². The van der Waals surface area contributed by atoms with Crippen LogP contribution in [0.15, 0.2) is 53.6 Å². The second-order valence-electron chi connectivity index (χ2n) is 4.37. The second-order valence-corrected chi connectivity index (χ2v) is 4.78. The Bertz CT molecular complexity index is 732. The summed E-state index contributed by atoms with van der Waals surface area (Å²) in [5.41, 5.74) is 3.74. The molecule has 0 heterocycles. The highest BCUT2D eigenvalue weighted by atomic mass is 32.1. The van der Waals surface area contributed by atoms with Gasteiger partial charge in [0.1, 0.15) is 5.75 Å². The first-order chi connectivity index (χ1) is 11.1. The number of hydrogen-bond acceptors (Lipinski definition) is 5. The number of nitrogens with zero attached hydrogens (tertiary/aromatic N) is 2. The van der Waals surface area contributed by atoms with Gasteiger partial charge in [0.15, 0.2) is 5.11 Å². The van der Waals surface area contributed by atoms with Gasteiger partial charge in [0.25, 0.3) is 5.69 Å². The highest BCUT2D eigenvalue weighted by molar-refractivity contribution is 7.80. The summed E-state index contributed by atoms with van der Waals surface area (Å²) in [5.74, 6) is 0.740. The molecule has 0 aliphatic carbocycles. The molecule has 0 aliphatic heterocycles. The first-order valence-corrected chi connectivity index (χ1v) is 6.98. The lowest BCUT2D eigenvalue weighted by Gasteiger charge is -2.07. The molecule has 0 saturated carbocycles. The molecule has 0 spiro atoms. The number of anilines is 1. The van der Waals surface area contributed by atoms with Crippen molar-refractivity contribution in [1.82, 2.24) is 5.43 Å². The third-order valence-corrected chi connectivity index (χ3v) is 3.04. The molecule has 23 heavy (non-hydrogen) atoms. The predicted octanol–water partition coefficient (Wildman–Crippen LogP) is 2.92. The van der Waals surface area contributed by atoms with Crippen LogP contribution in [-0.4, -0.2) is 23.4 Å². The Hall–Kier alpha value is -3.00. The molecular formula is C15H14N4O3S. The number of nitro benzene ring substituents is 1. The molecule has 0 bridgehead atoms. The average Bonchev–Trinajstić information content (AvgIpc) is 2.56. The molecule has 0 radical (unpaired) electrons. The van der Waals surface area contributed by atoms with E-state index in [0.717, 1.165) is 11.4 Å². The zero-order chi connectivity index (χ0) is 16.7. The molecule has 0 fully saturated rings. The largest absolute Gasteiger partial charge is 0.497 e. The maximum Gasteiger partial charge on any atom is 0.278 e. The van der Waals surface area contributed by atoms with Gasteiger partial charge < -0.3 is 10.1 Å². The molecule has 0 atom stereocenters. The van der Waals surface area contributed by atoms with Crippen molar-refractivity contribution in [1.29, 1.82) is 0 Å². The fraction of sp³-hybridized carbons (Fsp3) is 0.0667. The molecule has 0 aliphatic rings. The minimum Gasteiger partial charge on any atom is -0.497 e. The van der Waals surface area contributed by atoms with Crippen LogP contribution in [0.2, 0.25) is 0 Å².